The molecule has 0 aliphatic heterocycles. The number of amides is 1. The summed E-state index contributed by atoms with van der Waals surface area (Å²) in [4.78, 5) is 11.2. The maximum atomic E-state index is 11.2. The van der Waals surface area contributed by atoms with Gasteiger partial charge in [-0.1, -0.05) is 20.8 Å². The van der Waals surface area contributed by atoms with Crippen LogP contribution >= 0.6 is 0 Å². The first-order valence-electron chi connectivity index (χ1n) is 4.83. The molecule has 0 rings (SSSR count). The molecule has 0 atom stereocenters. The number of carbonyl (C=O) groups is 1. The van der Waals surface area contributed by atoms with Crippen LogP contribution in [-0.4, -0.2) is 24.2 Å². The number of unbranched alkanes of at least 4 members (excludes halogenated alkanes) is 1. The summed E-state index contributed by atoms with van der Waals surface area (Å²) in [5, 5.41) is 11.3. The van der Waals surface area contributed by atoms with E-state index < -0.39 is 0 Å². The van der Waals surface area contributed by atoms with Crippen molar-refractivity contribution in [3.8, 4) is 0 Å². The predicted molar refractivity (Wildman–Crippen MR) is 53.4 cm³/mol. The molecule has 3 nitrogen and oxygen atoms in total. The van der Waals surface area contributed by atoms with Crippen molar-refractivity contribution in [1.82, 2.24) is 5.32 Å². The number of aliphatic hydroxyl groups is 1. The lowest BCUT2D eigenvalue weighted by Crippen LogP contribution is -2.28. The molecule has 0 saturated heterocycles. The second kappa shape index (κ2) is 5.97. The van der Waals surface area contributed by atoms with Crippen LogP contribution in [0.15, 0.2) is 0 Å². The average Bonchev–Trinajstić information content (AvgIpc) is 1.94. The van der Waals surface area contributed by atoms with Gasteiger partial charge in [-0.05, 0) is 18.3 Å². The van der Waals surface area contributed by atoms with Crippen molar-refractivity contribution in [1.29, 1.82) is 0 Å². The molecule has 78 valence electrons. The maximum absolute atomic E-state index is 11.2. The third-order valence-electron chi connectivity index (χ3n) is 1.60. The topological polar surface area (TPSA) is 49.3 Å². The molecule has 0 aromatic carbocycles. The Labute approximate surface area is 80.5 Å². The summed E-state index contributed by atoms with van der Waals surface area (Å²) in [6.45, 7) is 7.01. The van der Waals surface area contributed by atoms with Crippen molar-refractivity contribution < 1.29 is 9.90 Å². The molecule has 0 heterocycles. The van der Waals surface area contributed by atoms with Crippen molar-refractivity contribution in [3.63, 3.8) is 0 Å². The second-order valence-electron chi connectivity index (χ2n) is 4.52. The molecule has 3 heteroatoms. The Hall–Kier alpha value is -0.570. The Morgan fingerprint density at radius 2 is 1.92 bits per heavy atom. The Morgan fingerprint density at radius 1 is 1.31 bits per heavy atom. The average molecular weight is 187 g/mol. The summed E-state index contributed by atoms with van der Waals surface area (Å²) < 4.78 is 0. The van der Waals surface area contributed by atoms with Gasteiger partial charge in [-0.2, -0.15) is 0 Å². The van der Waals surface area contributed by atoms with Gasteiger partial charge in [0.25, 0.3) is 0 Å². The zero-order valence-electron chi connectivity index (χ0n) is 8.89. The van der Waals surface area contributed by atoms with Gasteiger partial charge in [0.1, 0.15) is 0 Å². The van der Waals surface area contributed by atoms with Crippen LogP contribution in [0.25, 0.3) is 0 Å². The van der Waals surface area contributed by atoms with Crippen molar-refractivity contribution in [2.45, 2.75) is 40.0 Å². The van der Waals surface area contributed by atoms with E-state index in [4.69, 9.17) is 5.11 Å². The van der Waals surface area contributed by atoms with Crippen LogP contribution in [-0.2, 0) is 4.79 Å². The van der Waals surface area contributed by atoms with Crippen LogP contribution in [0.4, 0.5) is 0 Å². The fourth-order valence-electron chi connectivity index (χ4n) is 1.01. The van der Waals surface area contributed by atoms with Crippen LogP contribution in [0.2, 0.25) is 0 Å². The highest BCUT2D eigenvalue weighted by Crippen LogP contribution is 2.17. The van der Waals surface area contributed by atoms with Gasteiger partial charge in [0.2, 0.25) is 5.91 Å². The lowest BCUT2D eigenvalue weighted by atomic mass is 9.92. The molecule has 13 heavy (non-hydrogen) atoms. The molecule has 0 spiro atoms. The van der Waals surface area contributed by atoms with E-state index in [0.717, 1.165) is 12.8 Å². The van der Waals surface area contributed by atoms with Crippen LogP contribution in [0, 0.1) is 5.41 Å². The Balaban J connectivity index is 3.41. The molecule has 0 saturated carbocycles. The van der Waals surface area contributed by atoms with Crippen molar-refractivity contribution in [2.75, 3.05) is 13.2 Å². The van der Waals surface area contributed by atoms with E-state index in [-0.39, 0.29) is 17.9 Å². The zero-order valence-corrected chi connectivity index (χ0v) is 8.89. The lowest BCUT2D eigenvalue weighted by Gasteiger charge is -2.17. The van der Waals surface area contributed by atoms with Gasteiger partial charge in [0, 0.05) is 19.6 Å². The van der Waals surface area contributed by atoms with Crippen LogP contribution in [0.1, 0.15) is 40.0 Å². The van der Waals surface area contributed by atoms with E-state index in [1.54, 1.807) is 0 Å². The highest BCUT2D eigenvalue weighted by Gasteiger charge is 2.14. The van der Waals surface area contributed by atoms with Crippen molar-refractivity contribution in [2.24, 2.45) is 5.41 Å². The number of aliphatic hydroxyl groups excluding tert-OH is 1. The normalized spacial score (nSPS) is 11.4. The highest BCUT2D eigenvalue weighted by atomic mass is 16.2. The van der Waals surface area contributed by atoms with E-state index in [9.17, 15) is 4.79 Å². The number of carbonyl (C=O) groups excluding carboxylic acids is 1. The number of nitrogens with one attached hydrogen (secondary N) is 1. The van der Waals surface area contributed by atoms with E-state index >= 15 is 0 Å². The van der Waals surface area contributed by atoms with E-state index in [1.165, 1.54) is 0 Å². The van der Waals surface area contributed by atoms with Crippen molar-refractivity contribution in [3.05, 3.63) is 0 Å². The zero-order chi connectivity index (χ0) is 10.3. The van der Waals surface area contributed by atoms with Gasteiger partial charge < -0.3 is 10.4 Å². The Bertz CT molecular complexity index is 149. The molecule has 1 amide bonds. The first-order chi connectivity index (χ1) is 5.95. The number of hydrogen-bond acceptors (Lipinski definition) is 2. The molecular weight excluding hydrogens is 166 g/mol. The fraction of sp³-hybridized carbons (Fsp3) is 0.900. The smallest absolute Gasteiger partial charge is 0.220 e. The molecule has 0 aromatic rings. The second-order valence-corrected chi connectivity index (χ2v) is 4.52. The summed E-state index contributed by atoms with van der Waals surface area (Å²) in [7, 11) is 0. The highest BCUT2D eigenvalue weighted by molar-refractivity contribution is 5.76. The van der Waals surface area contributed by atoms with Gasteiger partial charge in [0.15, 0.2) is 0 Å². The molecule has 0 aliphatic carbocycles. The van der Waals surface area contributed by atoms with Crippen molar-refractivity contribution >= 4 is 5.91 Å². The van der Waals surface area contributed by atoms with Crippen LogP contribution < -0.4 is 5.32 Å². The van der Waals surface area contributed by atoms with Gasteiger partial charge >= 0.3 is 0 Å². The van der Waals surface area contributed by atoms with Gasteiger partial charge in [-0.25, -0.2) is 0 Å². The summed E-state index contributed by atoms with van der Waals surface area (Å²) in [6.07, 6.45) is 2.17. The van der Waals surface area contributed by atoms with Crippen LogP contribution in [0.5, 0.6) is 0 Å². The summed E-state index contributed by atoms with van der Waals surface area (Å²) >= 11 is 0. The first kappa shape index (κ1) is 12.4. The summed E-state index contributed by atoms with van der Waals surface area (Å²) in [6, 6.07) is 0. The van der Waals surface area contributed by atoms with Gasteiger partial charge in [-0.15, -0.1) is 0 Å². The predicted octanol–water partition coefficient (Wildman–Crippen LogP) is 1.31. The Morgan fingerprint density at radius 3 is 2.38 bits per heavy atom. The third-order valence-corrected chi connectivity index (χ3v) is 1.60. The molecule has 0 fully saturated rings. The quantitative estimate of drug-likeness (QED) is 0.638. The molecule has 0 unspecified atom stereocenters. The fourth-order valence-corrected chi connectivity index (χ4v) is 1.01. The molecule has 2 N–H and O–H groups in total. The lowest BCUT2D eigenvalue weighted by molar-refractivity contribution is -0.122. The minimum Gasteiger partial charge on any atom is -0.396 e. The largest absolute Gasteiger partial charge is 0.396 e. The first-order valence-corrected chi connectivity index (χ1v) is 4.83. The Kier molecular flexibility index (Phi) is 5.71. The minimum absolute atomic E-state index is 0.0566. The molecule has 0 aromatic heterocycles. The molecule has 0 radical (unpaired) electrons. The molecule has 0 bridgehead atoms. The summed E-state index contributed by atoms with van der Waals surface area (Å²) in [5.74, 6) is 0.102. The summed E-state index contributed by atoms with van der Waals surface area (Å²) in [5.41, 5.74) is 0.0566. The van der Waals surface area contributed by atoms with E-state index in [1.807, 2.05) is 20.8 Å². The third kappa shape index (κ3) is 9.34. The molecule has 0 aliphatic rings. The molecular formula is C10H21NO2. The number of rotatable bonds is 5. The SMILES string of the molecule is CC(C)(C)CC(=O)NCCCCO. The standard InChI is InChI=1S/C10H21NO2/c1-10(2,3)8-9(13)11-6-4-5-7-12/h12H,4-8H2,1-3H3,(H,11,13). The minimum atomic E-state index is 0.0566. The maximum Gasteiger partial charge on any atom is 0.220 e. The van der Waals surface area contributed by atoms with Gasteiger partial charge in [-0.3, -0.25) is 4.79 Å². The monoisotopic (exact) mass is 187 g/mol. The van der Waals surface area contributed by atoms with E-state index in [0.29, 0.717) is 13.0 Å². The van der Waals surface area contributed by atoms with E-state index in [2.05, 4.69) is 5.32 Å². The number of hydrogen-bond donors (Lipinski definition) is 2. The van der Waals surface area contributed by atoms with Gasteiger partial charge in [0.05, 0.1) is 0 Å². The van der Waals surface area contributed by atoms with Crippen LogP contribution in [0.3, 0.4) is 0 Å².